The van der Waals surface area contributed by atoms with Crippen LogP contribution in [0.1, 0.15) is 19.8 Å². The first kappa shape index (κ1) is 11.5. The summed E-state index contributed by atoms with van der Waals surface area (Å²) in [5.41, 5.74) is 0. The second-order valence-electron chi connectivity index (χ2n) is 3.90. The molecule has 1 atom stereocenters. The fraction of sp³-hybridized carbons (Fsp3) is 0.900. The summed E-state index contributed by atoms with van der Waals surface area (Å²) in [6.45, 7) is 5.15. The van der Waals surface area contributed by atoms with E-state index in [-0.39, 0.29) is 12.5 Å². The molecule has 1 fully saturated rings. The van der Waals surface area contributed by atoms with Crippen molar-refractivity contribution < 1.29 is 9.90 Å². The topological polar surface area (TPSA) is 52.6 Å². The van der Waals surface area contributed by atoms with Crippen molar-refractivity contribution in [3.63, 3.8) is 0 Å². The molecular weight excluding hydrogens is 180 g/mol. The molecule has 1 aliphatic heterocycles. The first-order chi connectivity index (χ1) is 6.74. The van der Waals surface area contributed by atoms with E-state index in [1.54, 1.807) is 6.92 Å². The van der Waals surface area contributed by atoms with E-state index in [4.69, 9.17) is 5.11 Å². The van der Waals surface area contributed by atoms with Gasteiger partial charge in [-0.15, -0.1) is 0 Å². The van der Waals surface area contributed by atoms with E-state index in [1.807, 2.05) is 4.90 Å². The van der Waals surface area contributed by atoms with Crippen LogP contribution in [0.4, 0.5) is 0 Å². The standard InChI is InChI=1S/C10H20N2O2/c1-9(14)12-5-2-3-10(8-12)7-11-4-6-13/h10-11,13H,2-8H2,1H3/t10-/m0/s1. The second kappa shape index (κ2) is 5.98. The number of carbonyl (C=O) groups is 1. The monoisotopic (exact) mass is 200 g/mol. The van der Waals surface area contributed by atoms with Gasteiger partial charge in [-0.2, -0.15) is 0 Å². The van der Waals surface area contributed by atoms with Crippen molar-refractivity contribution in [1.29, 1.82) is 0 Å². The molecule has 2 N–H and O–H groups in total. The van der Waals surface area contributed by atoms with Gasteiger partial charge in [0, 0.05) is 26.6 Å². The number of hydrogen-bond acceptors (Lipinski definition) is 3. The van der Waals surface area contributed by atoms with Gasteiger partial charge in [0.2, 0.25) is 5.91 Å². The van der Waals surface area contributed by atoms with Crippen LogP contribution in [-0.2, 0) is 4.79 Å². The lowest BCUT2D eigenvalue weighted by atomic mass is 9.98. The number of nitrogens with one attached hydrogen (secondary N) is 1. The fourth-order valence-corrected chi connectivity index (χ4v) is 1.90. The number of aliphatic hydroxyl groups excluding tert-OH is 1. The van der Waals surface area contributed by atoms with Crippen LogP contribution in [-0.4, -0.2) is 48.7 Å². The molecule has 1 saturated heterocycles. The molecule has 0 spiro atoms. The van der Waals surface area contributed by atoms with Gasteiger partial charge in [0.15, 0.2) is 0 Å². The molecule has 1 rings (SSSR count). The predicted molar refractivity (Wildman–Crippen MR) is 54.9 cm³/mol. The molecule has 0 aromatic heterocycles. The summed E-state index contributed by atoms with van der Waals surface area (Å²) in [6.07, 6.45) is 2.28. The zero-order valence-corrected chi connectivity index (χ0v) is 8.83. The fourth-order valence-electron chi connectivity index (χ4n) is 1.90. The molecule has 0 unspecified atom stereocenters. The molecule has 4 nitrogen and oxygen atoms in total. The van der Waals surface area contributed by atoms with Gasteiger partial charge in [-0.25, -0.2) is 0 Å². The maximum atomic E-state index is 11.1. The molecule has 1 heterocycles. The van der Waals surface area contributed by atoms with Gasteiger partial charge in [0.25, 0.3) is 0 Å². The third-order valence-electron chi connectivity index (χ3n) is 2.69. The average Bonchev–Trinajstić information content (AvgIpc) is 2.19. The molecule has 0 saturated carbocycles. The predicted octanol–water partition coefficient (Wildman–Crippen LogP) is -0.173. The van der Waals surface area contributed by atoms with Gasteiger partial charge < -0.3 is 15.3 Å². The number of carbonyl (C=O) groups excluding carboxylic acids is 1. The van der Waals surface area contributed by atoms with Crippen molar-refractivity contribution in [2.45, 2.75) is 19.8 Å². The Kier molecular flexibility index (Phi) is 4.90. The number of amides is 1. The molecule has 0 aromatic carbocycles. The lowest BCUT2D eigenvalue weighted by molar-refractivity contribution is -0.130. The minimum atomic E-state index is 0.178. The van der Waals surface area contributed by atoms with Gasteiger partial charge >= 0.3 is 0 Å². The van der Waals surface area contributed by atoms with E-state index in [0.717, 1.165) is 26.1 Å². The minimum absolute atomic E-state index is 0.178. The van der Waals surface area contributed by atoms with Gasteiger partial charge in [-0.3, -0.25) is 4.79 Å². The minimum Gasteiger partial charge on any atom is -0.395 e. The Labute approximate surface area is 85.3 Å². The Morgan fingerprint density at radius 2 is 2.43 bits per heavy atom. The van der Waals surface area contributed by atoms with Crippen molar-refractivity contribution in [1.82, 2.24) is 10.2 Å². The first-order valence-corrected chi connectivity index (χ1v) is 5.31. The summed E-state index contributed by atoms with van der Waals surface area (Å²) in [4.78, 5) is 13.1. The van der Waals surface area contributed by atoms with Crippen LogP contribution in [0, 0.1) is 5.92 Å². The van der Waals surface area contributed by atoms with E-state index in [1.165, 1.54) is 6.42 Å². The zero-order valence-electron chi connectivity index (χ0n) is 8.83. The van der Waals surface area contributed by atoms with Gasteiger partial charge in [-0.1, -0.05) is 0 Å². The molecule has 0 radical (unpaired) electrons. The Morgan fingerprint density at radius 1 is 1.64 bits per heavy atom. The highest BCUT2D eigenvalue weighted by Crippen LogP contribution is 2.15. The second-order valence-corrected chi connectivity index (χ2v) is 3.90. The molecule has 0 aliphatic carbocycles. The highest BCUT2D eigenvalue weighted by Gasteiger charge is 2.20. The lowest BCUT2D eigenvalue weighted by Crippen LogP contribution is -2.42. The van der Waals surface area contributed by atoms with Gasteiger partial charge in [-0.05, 0) is 25.3 Å². The Morgan fingerprint density at radius 3 is 3.07 bits per heavy atom. The molecule has 1 aliphatic rings. The zero-order chi connectivity index (χ0) is 10.4. The number of hydrogen-bond donors (Lipinski definition) is 2. The van der Waals surface area contributed by atoms with Crippen LogP contribution >= 0.6 is 0 Å². The third kappa shape index (κ3) is 3.64. The molecule has 4 heteroatoms. The lowest BCUT2D eigenvalue weighted by Gasteiger charge is -2.32. The summed E-state index contributed by atoms with van der Waals surface area (Å²) in [6, 6.07) is 0. The SMILES string of the molecule is CC(=O)N1CCC[C@@H](CNCCO)C1. The number of piperidine rings is 1. The Bertz CT molecular complexity index is 185. The van der Waals surface area contributed by atoms with E-state index in [2.05, 4.69) is 5.32 Å². The van der Waals surface area contributed by atoms with E-state index < -0.39 is 0 Å². The highest BCUT2D eigenvalue weighted by atomic mass is 16.3. The highest BCUT2D eigenvalue weighted by molar-refractivity contribution is 5.73. The molecule has 0 bridgehead atoms. The van der Waals surface area contributed by atoms with Crippen LogP contribution in [0.3, 0.4) is 0 Å². The quantitative estimate of drug-likeness (QED) is 0.619. The van der Waals surface area contributed by atoms with Crippen molar-refractivity contribution >= 4 is 5.91 Å². The smallest absolute Gasteiger partial charge is 0.219 e. The molecule has 1 amide bonds. The van der Waals surface area contributed by atoms with E-state index >= 15 is 0 Å². The van der Waals surface area contributed by atoms with Crippen molar-refractivity contribution in [2.24, 2.45) is 5.92 Å². The van der Waals surface area contributed by atoms with E-state index in [0.29, 0.717) is 12.5 Å². The van der Waals surface area contributed by atoms with Crippen LogP contribution in [0.2, 0.25) is 0 Å². The van der Waals surface area contributed by atoms with Crippen LogP contribution < -0.4 is 5.32 Å². The number of likely N-dealkylation sites (tertiary alicyclic amines) is 1. The normalized spacial score (nSPS) is 22.4. The van der Waals surface area contributed by atoms with E-state index in [9.17, 15) is 4.79 Å². The molecule has 14 heavy (non-hydrogen) atoms. The third-order valence-corrected chi connectivity index (χ3v) is 2.69. The summed E-state index contributed by atoms with van der Waals surface area (Å²) >= 11 is 0. The number of aliphatic hydroxyl groups is 1. The Balaban J connectivity index is 2.22. The molecular formula is C10H20N2O2. The molecule has 82 valence electrons. The van der Waals surface area contributed by atoms with Crippen molar-refractivity contribution in [3.8, 4) is 0 Å². The van der Waals surface area contributed by atoms with Crippen molar-refractivity contribution in [2.75, 3.05) is 32.8 Å². The molecule has 0 aromatic rings. The summed E-state index contributed by atoms with van der Waals surface area (Å²) in [7, 11) is 0. The van der Waals surface area contributed by atoms with Crippen molar-refractivity contribution in [3.05, 3.63) is 0 Å². The van der Waals surface area contributed by atoms with Crippen LogP contribution in [0.25, 0.3) is 0 Å². The summed E-state index contributed by atoms with van der Waals surface area (Å²) in [5.74, 6) is 0.732. The summed E-state index contributed by atoms with van der Waals surface area (Å²) in [5, 5.41) is 11.8. The average molecular weight is 200 g/mol. The number of rotatable bonds is 4. The van der Waals surface area contributed by atoms with Crippen LogP contribution in [0.15, 0.2) is 0 Å². The number of nitrogens with zero attached hydrogens (tertiary/aromatic N) is 1. The maximum absolute atomic E-state index is 11.1. The van der Waals surface area contributed by atoms with Crippen LogP contribution in [0.5, 0.6) is 0 Å². The first-order valence-electron chi connectivity index (χ1n) is 5.31. The maximum Gasteiger partial charge on any atom is 0.219 e. The Hall–Kier alpha value is -0.610. The van der Waals surface area contributed by atoms with Gasteiger partial charge in [0.1, 0.15) is 0 Å². The van der Waals surface area contributed by atoms with Gasteiger partial charge in [0.05, 0.1) is 6.61 Å². The largest absolute Gasteiger partial charge is 0.395 e. The summed E-state index contributed by atoms with van der Waals surface area (Å²) < 4.78 is 0.